The van der Waals surface area contributed by atoms with E-state index in [0.29, 0.717) is 0 Å². The highest BCUT2D eigenvalue weighted by Gasteiger charge is 2.43. The Labute approximate surface area is 203 Å². The molecular weight excluding hydrogens is 434 g/mol. The summed E-state index contributed by atoms with van der Waals surface area (Å²) in [5.74, 6) is -0.797. The van der Waals surface area contributed by atoms with Gasteiger partial charge in [-0.1, -0.05) is 18.2 Å². The van der Waals surface area contributed by atoms with Gasteiger partial charge >= 0.3 is 6.09 Å². The number of carbonyl (C=O) groups is 3. The number of nitrogens with one attached hydrogen (secondary N) is 2. The first kappa shape index (κ1) is 27.6. The van der Waals surface area contributed by atoms with Crippen LogP contribution in [0.3, 0.4) is 0 Å². The fraction of sp³-hybridized carbons (Fsp3) is 0.654. The molecule has 0 radical (unpaired) electrons. The van der Waals surface area contributed by atoms with Crippen molar-refractivity contribution in [1.82, 2.24) is 15.5 Å². The maximum absolute atomic E-state index is 13.8. The molecule has 8 nitrogen and oxygen atoms in total. The Hall–Kier alpha value is -2.61. The minimum absolute atomic E-state index is 0.170. The average molecular weight is 476 g/mol. The van der Waals surface area contributed by atoms with Gasteiger partial charge in [-0.25, -0.2) is 4.79 Å². The third-order valence-corrected chi connectivity index (χ3v) is 5.73. The highest BCUT2D eigenvalue weighted by Crippen LogP contribution is 2.36. The number of carbonyl (C=O) groups excluding carboxylic acids is 3. The molecule has 0 spiro atoms. The summed E-state index contributed by atoms with van der Waals surface area (Å²) in [7, 11) is 0. The number of rotatable bonds is 7. The van der Waals surface area contributed by atoms with Crippen LogP contribution in [0.4, 0.5) is 4.79 Å². The molecule has 1 saturated carbocycles. The number of benzene rings is 1. The van der Waals surface area contributed by atoms with Gasteiger partial charge in [-0.05, 0) is 91.3 Å². The number of aryl methyl sites for hydroxylation is 2. The molecule has 0 aliphatic heterocycles. The predicted molar refractivity (Wildman–Crippen MR) is 131 cm³/mol. The van der Waals surface area contributed by atoms with E-state index in [4.69, 9.17) is 4.74 Å². The van der Waals surface area contributed by atoms with Crippen LogP contribution in [0.2, 0.25) is 0 Å². The first-order chi connectivity index (χ1) is 15.6. The maximum atomic E-state index is 13.8. The first-order valence-corrected chi connectivity index (χ1v) is 12.0. The molecule has 1 aliphatic carbocycles. The Balaban J connectivity index is 2.52. The molecule has 3 N–H and O–H groups in total. The van der Waals surface area contributed by atoms with Crippen LogP contribution in [0.15, 0.2) is 18.2 Å². The van der Waals surface area contributed by atoms with Crippen LogP contribution in [0, 0.1) is 13.8 Å². The summed E-state index contributed by atoms with van der Waals surface area (Å²) in [6.07, 6.45) is 1.65. The summed E-state index contributed by atoms with van der Waals surface area (Å²) < 4.78 is 5.29. The molecule has 3 amide bonds. The lowest BCUT2D eigenvalue weighted by Crippen LogP contribution is -2.59. The van der Waals surface area contributed by atoms with E-state index in [1.807, 2.05) is 52.8 Å². The molecular formula is C26H41N3O5. The summed E-state index contributed by atoms with van der Waals surface area (Å²) in [5.41, 5.74) is 1.29. The summed E-state index contributed by atoms with van der Waals surface area (Å²) in [4.78, 5) is 41.5. The monoisotopic (exact) mass is 475 g/mol. The Morgan fingerprint density at radius 1 is 1.09 bits per heavy atom. The highest BCUT2D eigenvalue weighted by molar-refractivity contribution is 5.93. The minimum Gasteiger partial charge on any atom is -0.444 e. The zero-order valence-electron chi connectivity index (χ0n) is 21.8. The molecule has 1 fully saturated rings. The van der Waals surface area contributed by atoms with Crippen LogP contribution < -0.4 is 10.6 Å². The number of ether oxygens (including phenoxy) is 1. The van der Waals surface area contributed by atoms with Crippen molar-refractivity contribution in [2.45, 2.75) is 104 Å². The van der Waals surface area contributed by atoms with E-state index in [2.05, 4.69) is 10.6 Å². The normalized spacial score (nSPS) is 16.1. The summed E-state index contributed by atoms with van der Waals surface area (Å²) in [6, 6.07) is 3.47. The zero-order chi connectivity index (χ0) is 25.8. The second kappa shape index (κ2) is 10.8. The van der Waals surface area contributed by atoms with E-state index < -0.39 is 41.8 Å². The second-order valence-corrected chi connectivity index (χ2v) is 11.2. The molecule has 1 aromatic carbocycles. The first-order valence-electron chi connectivity index (χ1n) is 12.0. The van der Waals surface area contributed by atoms with Gasteiger partial charge in [-0.15, -0.1) is 0 Å². The Kier molecular flexibility index (Phi) is 8.75. The van der Waals surface area contributed by atoms with Gasteiger partial charge in [0.05, 0.1) is 6.61 Å². The van der Waals surface area contributed by atoms with Crippen molar-refractivity contribution in [2.75, 3.05) is 6.61 Å². The van der Waals surface area contributed by atoms with Gasteiger partial charge < -0.3 is 25.4 Å². The predicted octanol–water partition coefficient (Wildman–Crippen LogP) is 3.53. The molecule has 2 unspecified atom stereocenters. The van der Waals surface area contributed by atoms with Gasteiger partial charge in [0, 0.05) is 11.6 Å². The van der Waals surface area contributed by atoms with E-state index in [1.165, 1.54) is 0 Å². The molecule has 0 saturated heterocycles. The van der Waals surface area contributed by atoms with Crippen LogP contribution in [0.25, 0.3) is 0 Å². The van der Waals surface area contributed by atoms with Gasteiger partial charge in [0.2, 0.25) is 11.8 Å². The van der Waals surface area contributed by atoms with E-state index in [0.717, 1.165) is 36.0 Å². The maximum Gasteiger partial charge on any atom is 0.408 e. The van der Waals surface area contributed by atoms with Crippen LogP contribution >= 0.6 is 0 Å². The third kappa shape index (κ3) is 7.19. The van der Waals surface area contributed by atoms with Crippen LogP contribution in [-0.2, 0) is 14.3 Å². The fourth-order valence-corrected chi connectivity index (χ4v) is 4.09. The van der Waals surface area contributed by atoms with Crippen LogP contribution in [0.1, 0.15) is 83.5 Å². The number of amides is 3. The molecule has 34 heavy (non-hydrogen) atoms. The number of aliphatic hydroxyl groups is 1. The fourth-order valence-electron chi connectivity index (χ4n) is 4.09. The standard InChI is InChI=1S/C26H41N3O5/c1-16-11-9-12-17(2)20(16)21(22(31)28-25(3,4)5)29(18-13-10-14-18)23(32)19(15-30)27-24(33)34-26(6,7)8/h9,11-12,18-19,21,30H,10,13-15H2,1-8H3,(H,27,33)(H,28,31). The van der Waals surface area contributed by atoms with Crippen molar-refractivity contribution in [3.8, 4) is 0 Å². The highest BCUT2D eigenvalue weighted by atomic mass is 16.6. The van der Waals surface area contributed by atoms with E-state index in [-0.39, 0.29) is 11.9 Å². The molecule has 0 aromatic heterocycles. The molecule has 190 valence electrons. The molecule has 0 bridgehead atoms. The van der Waals surface area contributed by atoms with Gasteiger partial charge in [0.25, 0.3) is 0 Å². The van der Waals surface area contributed by atoms with Crippen molar-refractivity contribution in [2.24, 2.45) is 0 Å². The van der Waals surface area contributed by atoms with Crippen molar-refractivity contribution < 1.29 is 24.2 Å². The Bertz CT molecular complexity index is 876. The number of hydrogen-bond donors (Lipinski definition) is 3. The van der Waals surface area contributed by atoms with Crippen LogP contribution in [0.5, 0.6) is 0 Å². The molecule has 2 rings (SSSR count). The topological polar surface area (TPSA) is 108 Å². The summed E-state index contributed by atoms with van der Waals surface area (Å²) in [5, 5.41) is 15.6. The second-order valence-electron chi connectivity index (χ2n) is 11.2. The Morgan fingerprint density at radius 2 is 1.65 bits per heavy atom. The average Bonchev–Trinajstić information content (AvgIpc) is 2.62. The van der Waals surface area contributed by atoms with Gasteiger partial charge in [-0.2, -0.15) is 0 Å². The lowest BCUT2D eigenvalue weighted by atomic mass is 9.86. The van der Waals surface area contributed by atoms with Gasteiger partial charge in [-0.3, -0.25) is 9.59 Å². The van der Waals surface area contributed by atoms with Gasteiger partial charge in [0.1, 0.15) is 17.7 Å². The minimum atomic E-state index is -1.23. The summed E-state index contributed by atoms with van der Waals surface area (Å²) >= 11 is 0. The third-order valence-electron chi connectivity index (χ3n) is 5.73. The van der Waals surface area contributed by atoms with Gasteiger partial charge in [0.15, 0.2) is 0 Å². The Morgan fingerprint density at radius 3 is 2.06 bits per heavy atom. The molecule has 0 heterocycles. The smallest absolute Gasteiger partial charge is 0.408 e. The number of nitrogens with zero attached hydrogens (tertiary/aromatic N) is 1. The molecule has 8 heteroatoms. The van der Waals surface area contributed by atoms with E-state index in [9.17, 15) is 19.5 Å². The number of aliphatic hydroxyl groups excluding tert-OH is 1. The van der Waals surface area contributed by atoms with E-state index >= 15 is 0 Å². The van der Waals surface area contributed by atoms with Crippen molar-refractivity contribution in [3.05, 3.63) is 34.9 Å². The van der Waals surface area contributed by atoms with E-state index in [1.54, 1.807) is 25.7 Å². The van der Waals surface area contributed by atoms with Crippen LogP contribution in [-0.4, -0.2) is 57.7 Å². The lowest BCUT2D eigenvalue weighted by molar-refractivity contribution is -0.148. The summed E-state index contributed by atoms with van der Waals surface area (Å²) in [6.45, 7) is 14.1. The number of alkyl carbamates (subject to hydrolysis) is 1. The largest absolute Gasteiger partial charge is 0.444 e. The van der Waals surface area contributed by atoms with Crippen molar-refractivity contribution in [1.29, 1.82) is 0 Å². The SMILES string of the molecule is Cc1cccc(C)c1C(C(=O)NC(C)(C)C)N(C(=O)C(CO)NC(=O)OC(C)(C)C)C1CCC1. The number of hydrogen-bond acceptors (Lipinski definition) is 5. The molecule has 1 aromatic rings. The van der Waals surface area contributed by atoms with Crippen molar-refractivity contribution in [3.63, 3.8) is 0 Å². The molecule has 2 atom stereocenters. The quantitative estimate of drug-likeness (QED) is 0.559. The lowest BCUT2D eigenvalue weighted by Gasteiger charge is -2.44. The zero-order valence-corrected chi connectivity index (χ0v) is 21.8. The van der Waals surface area contributed by atoms with Crippen molar-refractivity contribution >= 4 is 17.9 Å². The molecule has 1 aliphatic rings.